The summed E-state index contributed by atoms with van der Waals surface area (Å²) >= 11 is 0. The Bertz CT molecular complexity index is 208. The van der Waals surface area contributed by atoms with Crippen LogP contribution in [0.25, 0.3) is 0 Å². The first kappa shape index (κ1) is 12.3. The first-order valence-corrected chi connectivity index (χ1v) is 6.69. The van der Waals surface area contributed by atoms with Crippen molar-refractivity contribution in [3.8, 4) is 0 Å². The molecule has 2 aliphatic rings. The van der Waals surface area contributed by atoms with Gasteiger partial charge in [-0.2, -0.15) is 0 Å². The van der Waals surface area contributed by atoms with Crippen LogP contribution >= 0.6 is 0 Å². The largest absolute Gasteiger partial charge is 0.379 e. The molecule has 1 N–H and O–H groups in total. The van der Waals surface area contributed by atoms with E-state index in [9.17, 15) is 0 Å². The molecule has 1 aliphatic heterocycles. The molecule has 16 heavy (non-hydrogen) atoms. The molecule has 1 atom stereocenters. The summed E-state index contributed by atoms with van der Waals surface area (Å²) in [4.78, 5) is 0. The van der Waals surface area contributed by atoms with E-state index in [0.717, 1.165) is 32.6 Å². The summed E-state index contributed by atoms with van der Waals surface area (Å²) < 4.78 is 11.6. The van der Waals surface area contributed by atoms with E-state index in [4.69, 9.17) is 9.47 Å². The highest BCUT2D eigenvalue weighted by atomic mass is 16.6. The molecular weight excluding hydrogens is 202 g/mol. The lowest BCUT2D eigenvalue weighted by molar-refractivity contribution is -0.142. The topological polar surface area (TPSA) is 30.5 Å². The maximum Gasteiger partial charge on any atom is 0.0837 e. The van der Waals surface area contributed by atoms with Gasteiger partial charge in [0.05, 0.1) is 18.3 Å². The molecule has 0 spiro atoms. The molecule has 1 saturated carbocycles. The van der Waals surface area contributed by atoms with E-state index in [-0.39, 0.29) is 5.60 Å². The highest BCUT2D eigenvalue weighted by Crippen LogP contribution is 2.40. The second kappa shape index (κ2) is 5.48. The van der Waals surface area contributed by atoms with Gasteiger partial charge < -0.3 is 14.8 Å². The van der Waals surface area contributed by atoms with Crippen molar-refractivity contribution in [2.45, 2.75) is 63.7 Å². The van der Waals surface area contributed by atoms with Gasteiger partial charge in [0, 0.05) is 12.6 Å². The Morgan fingerprint density at radius 1 is 1.44 bits per heavy atom. The summed E-state index contributed by atoms with van der Waals surface area (Å²) in [5.41, 5.74) is 0.181. The molecule has 3 heteroatoms. The molecule has 0 aromatic heterocycles. The summed E-state index contributed by atoms with van der Waals surface area (Å²) in [5.74, 6) is 0. The number of hydrogen-bond acceptors (Lipinski definition) is 3. The van der Waals surface area contributed by atoms with Crippen LogP contribution in [0.5, 0.6) is 0 Å². The minimum absolute atomic E-state index is 0.181. The van der Waals surface area contributed by atoms with Crippen molar-refractivity contribution in [3.63, 3.8) is 0 Å². The Balaban J connectivity index is 1.73. The van der Waals surface area contributed by atoms with Crippen molar-refractivity contribution < 1.29 is 9.47 Å². The number of nitrogens with one attached hydrogen (secondary N) is 1. The summed E-state index contributed by atoms with van der Waals surface area (Å²) in [5, 5.41) is 3.48. The predicted molar refractivity (Wildman–Crippen MR) is 64.6 cm³/mol. The fourth-order valence-corrected chi connectivity index (χ4v) is 2.55. The lowest BCUT2D eigenvalue weighted by atomic mass is 9.77. The maximum absolute atomic E-state index is 6.25. The van der Waals surface area contributed by atoms with Crippen LogP contribution in [-0.2, 0) is 9.47 Å². The fraction of sp³-hybridized carbons (Fsp3) is 1.00. The third-order valence-corrected chi connectivity index (χ3v) is 3.70. The molecule has 0 radical (unpaired) electrons. The second-order valence-electron chi connectivity index (χ2n) is 5.50. The molecule has 0 aromatic rings. The first-order chi connectivity index (χ1) is 7.70. The van der Waals surface area contributed by atoms with E-state index in [0.29, 0.717) is 12.1 Å². The number of rotatable bonds is 6. The zero-order valence-corrected chi connectivity index (χ0v) is 10.6. The van der Waals surface area contributed by atoms with E-state index in [2.05, 4.69) is 19.2 Å². The van der Waals surface area contributed by atoms with Crippen molar-refractivity contribution in [2.75, 3.05) is 19.8 Å². The quantitative estimate of drug-likeness (QED) is 0.754. The molecule has 3 nitrogen and oxygen atoms in total. The maximum atomic E-state index is 6.25. The number of hydrogen-bond donors (Lipinski definition) is 1. The van der Waals surface area contributed by atoms with E-state index in [1.807, 2.05) is 0 Å². The van der Waals surface area contributed by atoms with Gasteiger partial charge >= 0.3 is 0 Å². The molecule has 2 rings (SSSR count). The average molecular weight is 227 g/mol. The zero-order valence-electron chi connectivity index (χ0n) is 10.6. The highest BCUT2D eigenvalue weighted by molar-refractivity contribution is 4.92. The lowest BCUT2D eigenvalue weighted by Crippen LogP contribution is -2.46. The van der Waals surface area contributed by atoms with Crippen molar-refractivity contribution in [3.05, 3.63) is 0 Å². The van der Waals surface area contributed by atoms with E-state index in [1.54, 1.807) is 0 Å². The van der Waals surface area contributed by atoms with Crippen LogP contribution < -0.4 is 5.32 Å². The molecule has 2 fully saturated rings. The Morgan fingerprint density at radius 2 is 2.25 bits per heavy atom. The fourth-order valence-electron chi connectivity index (χ4n) is 2.55. The van der Waals surface area contributed by atoms with Gasteiger partial charge in [-0.05, 0) is 38.6 Å². The third-order valence-electron chi connectivity index (χ3n) is 3.70. The number of ether oxygens (including phenoxy) is 2. The van der Waals surface area contributed by atoms with Crippen molar-refractivity contribution in [1.29, 1.82) is 0 Å². The molecule has 1 aliphatic carbocycles. The molecule has 94 valence electrons. The van der Waals surface area contributed by atoms with Crippen LogP contribution in [-0.4, -0.2) is 37.5 Å². The Kier molecular flexibility index (Phi) is 4.22. The Hall–Kier alpha value is -0.120. The highest BCUT2D eigenvalue weighted by Gasteiger charge is 2.40. The molecule has 1 saturated heterocycles. The van der Waals surface area contributed by atoms with Gasteiger partial charge in [-0.15, -0.1) is 0 Å². The first-order valence-electron chi connectivity index (χ1n) is 6.69. The van der Waals surface area contributed by atoms with Gasteiger partial charge in [-0.1, -0.05) is 13.8 Å². The third kappa shape index (κ3) is 3.19. The van der Waals surface area contributed by atoms with Crippen LogP contribution in [0, 0.1) is 0 Å². The van der Waals surface area contributed by atoms with Crippen LogP contribution in [0.2, 0.25) is 0 Å². The summed E-state index contributed by atoms with van der Waals surface area (Å²) in [7, 11) is 0. The zero-order chi connectivity index (χ0) is 11.4. The molecule has 1 heterocycles. The van der Waals surface area contributed by atoms with Crippen molar-refractivity contribution in [2.24, 2.45) is 0 Å². The van der Waals surface area contributed by atoms with Gasteiger partial charge in [-0.3, -0.25) is 0 Å². The predicted octanol–water partition coefficient (Wildman–Crippen LogP) is 2.10. The molecular formula is C13H25NO2. The standard InChI is InChI=1S/C13H25NO2/c1-11(2)14-8-7-13(5-3-6-13)16-12-4-9-15-10-12/h11-12,14H,3-10H2,1-2H3. The van der Waals surface area contributed by atoms with E-state index >= 15 is 0 Å². The SMILES string of the molecule is CC(C)NCCC1(OC2CCOC2)CCC1. The molecule has 1 unspecified atom stereocenters. The summed E-state index contributed by atoms with van der Waals surface area (Å²) in [6.07, 6.45) is 6.40. The van der Waals surface area contributed by atoms with E-state index in [1.165, 1.54) is 19.3 Å². The summed E-state index contributed by atoms with van der Waals surface area (Å²) in [6, 6.07) is 0.576. The minimum atomic E-state index is 0.181. The van der Waals surface area contributed by atoms with Gasteiger partial charge in [0.15, 0.2) is 0 Å². The molecule has 0 aromatic carbocycles. The normalized spacial score (nSPS) is 28.3. The lowest BCUT2D eigenvalue weighted by Gasteiger charge is -2.43. The average Bonchev–Trinajstić information content (AvgIpc) is 2.65. The molecule has 0 amide bonds. The monoisotopic (exact) mass is 227 g/mol. The van der Waals surface area contributed by atoms with Crippen LogP contribution in [0.4, 0.5) is 0 Å². The van der Waals surface area contributed by atoms with Crippen LogP contribution in [0.15, 0.2) is 0 Å². The molecule has 0 bridgehead atoms. The van der Waals surface area contributed by atoms with Crippen molar-refractivity contribution in [1.82, 2.24) is 5.32 Å². The van der Waals surface area contributed by atoms with Crippen LogP contribution in [0.1, 0.15) is 46.0 Å². The Morgan fingerprint density at radius 3 is 2.75 bits per heavy atom. The van der Waals surface area contributed by atoms with Crippen molar-refractivity contribution >= 4 is 0 Å². The van der Waals surface area contributed by atoms with Gasteiger partial charge in [-0.25, -0.2) is 0 Å². The van der Waals surface area contributed by atoms with Gasteiger partial charge in [0.1, 0.15) is 0 Å². The second-order valence-corrected chi connectivity index (χ2v) is 5.50. The van der Waals surface area contributed by atoms with Crippen LogP contribution in [0.3, 0.4) is 0 Å². The minimum Gasteiger partial charge on any atom is -0.379 e. The van der Waals surface area contributed by atoms with E-state index < -0.39 is 0 Å². The van der Waals surface area contributed by atoms with Gasteiger partial charge in [0.2, 0.25) is 0 Å². The van der Waals surface area contributed by atoms with Gasteiger partial charge in [0.25, 0.3) is 0 Å². The Labute approximate surface area is 98.9 Å². The smallest absolute Gasteiger partial charge is 0.0837 e. The summed E-state index contributed by atoms with van der Waals surface area (Å²) in [6.45, 7) is 7.15.